The van der Waals surface area contributed by atoms with Gasteiger partial charge in [0.15, 0.2) is 0 Å². The molecule has 0 bridgehead atoms. The Morgan fingerprint density at radius 3 is 2.26 bits per heavy atom. The molecule has 1 N–H and O–H groups in total. The van der Waals surface area contributed by atoms with Gasteiger partial charge in [-0.1, -0.05) is 23.8 Å². The smallest absolute Gasteiger partial charge is 0.337 e. The molecule has 0 spiro atoms. The number of anilines is 2. The first-order valence-corrected chi connectivity index (χ1v) is 11.4. The number of aryl methyl sites for hydroxylation is 1. The maximum absolute atomic E-state index is 13.4. The van der Waals surface area contributed by atoms with Crippen LogP contribution in [0.25, 0.3) is 0 Å². The average molecular weight is 484 g/mol. The Labute approximate surface area is 196 Å². The van der Waals surface area contributed by atoms with E-state index in [1.54, 1.807) is 19.1 Å². The van der Waals surface area contributed by atoms with Crippen molar-refractivity contribution in [1.29, 1.82) is 0 Å². The van der Waals surface area contributed by atoms with Crippen molar-refractivity contribution in [3.63, 3.8) is 0 Å². The van der Waals surface area contributed by atoms with Gasteiger partial charge in [-0.05, 0) is 49.4 Å². The van der Waals surface area contributed by atoms with Crippen LogP contribution in [0.1, 0.15) is 15.9 Å². The number of carbonyl (C=O) groups excluding carboxylic acids is 2. The molecule has 3 rings (SSSR count). The number of nitrogens with one attached hydrogen (secondary N) is 1. The molecule has 1 amide bonds. The maximum Gasteiger partial charge on any atom is 0.337 e. The topological polar surface area (TPSA) is 136 Å². The molecule has 34 heavy (non-hydrogen) atoms. The summed E-state index contributed by atoms with van der Waals surface area (Å²) >= 11 is 0. The van der Waals surface area contributed by atoms with Gasteiger partial charge in [0.2, 0.25) is 5.91 Å². The molecule has 0 aliphatic rings. The lowest BCUT2D eigenvalue weighted by Crippen LogP contribution is -2.38. The standard InChI is InChI=1S/C23H21N3O7S/c1-16-6-12-21(13-7-16)34(31,32)25(19-4-3-5-20(14-19)26(29)30)15-22(27)24-18-10-8-17(9-11-18)23(28)33-2/h3-14H,15H2,1-2H3,(H,24,27). The quantitative estimate of drug-likeness (QED) is 0.294. The van der Waals surface area contributed by atoms with Crippen molar-refractivity contribution in [2.75, 3.05) is 23.3 Å². The number of carbonyl (C=O) groups is 2. The molecule has 0 saturated carbocycles. The van der Waals surface area contributed by atoms with E-state index in [4.69, 9.17) is 0 Å². The molecule has 0 saturated heterocycles. The highest BCUT2D eigenvalue weighted by molar-refractivity contribution is 7.92. The van der Waals surface area contributed by atoms with Gasteiger partial charge in [-0.15, -0.1) is 0 Å². The molecule has 0 atom stereocenters. The molecule has 0 fully saturated rings. The van der Waals surface area contributed by atoms with Crippen molar-refractivity contribution >= 4 is 39.0 Å². The van der Waals surface area contributed by atoms with E-state index in [1.165, 1.54) is 61.7 Å². The van der Waals surface area contributed by atoms with E-state index in [0.717, 1.165) is 15.9 Å². The van der Waals surface area contributed by atoms with Crippen LogP contribution in [0, 0.1) is 17.0 Å². The number of hydrogen-bond acceptors (Lipinski definition) is 7. The molecule has 0 heterocycles. The summed E-state index contributed by atoms with van der Waals surface area (Å²) in [6.45, 7) is 1.16. The second-order valence-corrected chi connectivity index (χ2v) is 9.08. The number of benzene rings is 3. The summed E-state index contributed by atoms with van der Waals surface area (Å²) in [5.41, 5.74) is 1.09. The maximum atomic E-state index is 13.4. The minimum absolute atomic E-state index is 0.0361. The highest BCUT2D eigenvalue weighted by Crippen LogP contribution is 2.27. The van der Waals surface area contributed by atoms with E-state index >= 15 is 0 Å². The van der Waals surface area contributed by atoms with Gasteiger partial charge in [0.05, 0.1) is 28.2 Å². The van der Waals surface area contributed by atoms with Crippen molar-refractivity contribution in [3.8, 4) is 0 Å². The van der Waals surface area contributed by atoms with Crippen molar-refractivity contribution in [1.82, 2.24) is 0 Å². The van der Waals surface area contributed by atoms with Gasteiger partial charge in [0.25, 0.3) is 15.7 Å². The minimum atomic E-state index is -4.23. The Bertz CT molecular complexity index is 1320. The Balaban J connectivity index is 1.93. The van der Waals surface area contributed by atoms with E-state index in [9.17, 15) is 28.1 Å². The van der Waals surface area contributed by atoms with Crippen molar-refractivity contribution < 1.29 is 27.7 Å². The number of esters is 1. The molecule has 176 valence electrons. The van der Waals surface area contributed by atoms with Gasteiger partial charge in [0.1, 0.15) is 6.54 Å². The predicted molar refractivity (Wildman–Crippen MR) is 125 cm³/mol. The van der Waals surface area contributed by atoms with Gasteiger partial charge in [0, 0.05) is 17.8 Å². The summed E-state index contributed by atoms with van der Waals surface area (Å²) in [5, 5.41) is 13.8. The van der Waals surface area contributed by atoms with Crippen LogP contribution in [0.3, 0.4) is 0 Å². The summed E-state index contributed by atoms with van der Waals surface area (Å²) in [6.07, 6.45) is 0. The fourth-order valence-electron chi connectivity index (χ4n) is 3.05. The zero-order valence-corrected chi connectivity index (χ0v) is 19.1. The van der Waals surface area contributed by atoms with Crippen LogP contribution in [0.2, 0.25) is 0 Å². The first-order valence-electron chi connectivity index (χ1n) is 9.94. The number of ether oxygens (including phenoxy) is 1. The zero-order chi connectivity index (χ0) is 24.9. The number of non-ortho nitro benzene ring substituents is 1. The highest BCUT2D eigenvalue weighted by Gasteiger charge is 2.28. The van der Waals surface area contributed by atoms with E-state index in [0.29, 0.717) is 5.69 Å². The largest absolute Gasteiger partial charge is 0.465 e. The van der Waals surface area contributed by atoms with Crippen LogP contribution in [-0.4, -0.2) is 38.9 Å². The first kappa shape index (κ1) is 24.4. The van der Waals surface area contributed by atoms with Crippen LogP contribution in [0.4, 0.5) is 17.1 Å². The normalized spacial score (nSPS) is 10.9. The molecule has 0 aliphatic carbocycles. The number of hydrogen-bond donors (Lipinski definition) is 1. The Morgan fingerprint density at radius 1 is 1.03 bits per heavy atom. The molecular formula is C23H21N3O7S. The monoisotopic (exact) mass is 483 g/mol. The lowest BCUT2D eigenvalue weighted by Gasteiger charge is -2.24. The number of nitro groups is 1. The fourth-order valence-corrected chi connectivity index (χ4v) is 4.47. The number of nitrogens with zero attached hydrogens (tertiary/aromatic N) is 2. The summed E-state index contributed by atoms with van der Waals surface area (Å²) in [7, 11) is -2.99. The van der Waals surface area contributed by atoms with Gasteiger partial charge < -0.3 is 10.1 Å². The number of amides is 1. The Kier molecular flexibility index (Phi) is 7.27. The molecule has 0 radical (unpaired) electrons. The second kappa shape index (κ2) is 10.1. The number of methoxy groups -OCH3 is 1. The SMILES string of the molecule is COC(=O)c1ccc(NC(=O)CN(c2cccc([N+](=O)[O-])c2)S(=O)(=O)c2ccc(C)cc2)cc1. The minimum Gasteiger partial charge on any atom is -0.465 e. The zero-order valence-electron chi connectivity index (χ0n) is 18.3. The van der Waals surface area contributed by atoms with Crippen molar-refractivity contribution in [3.05, 3.63) is 94.0 Å². The predicted octanol–water partition coefficient (Wildman–Crippen LogP) is 3.52. The van der Waals surface area contributed by atoms with E-state index < -0.39 is 33.4 Å². The fraction of sp³-hybridized carbons (Fsp3) is 0.130. The third kappa shape index (κ3) is 5.56. The van der Waals surface area contributed by atoms with Crippen LogP contribution < -0.4 is 9.62 Å². The Hall–Kier alpha value is -4.25. The Morgan fingerprint density at radius 2 is 1.68 bits per heavy atom. The van der Waals surface area contributed by atoms with E-state index in [2.05, 4.69) is 10.1 Å². The number of rotatable bonds is 8. The van der Waals surface area contributed by atoms with E-state index in [-0.39, 0.29) is 21.8 Å². The summed E-state index contributed by atoms with van der Waals surface area (Å²) < 4.78 is 32.2. The lowest BCUT2D eigenvalue weighted by atomic mass is 10.2. The lowest BCUT2D eigenvalue weighted by molar-refractivity contribution is -0.384. The van der Waals surface area contributed by atoms with Crippen molar-refractivity contribution in [2.24, 2.45) is 0 Å². The third-order valence-corrected chi connectivity index (χ3v) is 6.60. The molecule has 11 heteroatoms. The molecule has 0 unspecified atom stereocenters. The number of nitro benzene ring substituents is 1. The molecule has 10 nitrogen and oxygen atoms in total. The van der Waals surface area contributed by atoms with Crippen LogP contribution in [-0.2, 0) is 19.6 Å². The van der Waals surface area contributed by atoms with Crippen LogP contribution >= 0.6 is 0 Å². The highest BCUT2D eigenvalue weighted by atomic mass is 32.2. The summed E-state index contributed by atoms with van der Waals surface area (Å²) in [5.74, 6) is -1.23. The van der Waals surface area contributed by atoms with Crippen molar-refractivity contribution in [2.45, 2.75) is 11.8 Å². The summed E-state index contributed by atoms with van der Waals surface area (Å²) in [4.78, 5) is 34.8. The molecular weight excluding hydrogens is 462 g/mol. The van der Waals surface area contributed by atoms with Gasteiger partial charge in [-0.25, -0.2) is 13.2 Å². The second-order valence-electron chi connectivity index (χ2n) is 7.22. The van der Waals surface area contributed by atoms with Gasteiger partial charge in [-0.3, -0.25) is 19.2 Å². The van der Waals surface area contributed by atoms with Gasteiger partial charge in [-0.2, -0.15) is 0 Å². The molecule has 3 aromatic rings. The first-order chi connectivity index (χ1) is 16.1. The number of sulfonamides is 1. The van der Waals surface area contributed by atoms with Crippen LogP contribution in [0.15, 0.2) is 77.7 Å². The van der Waals surface area contributed by atoms with Gasteiger partial charge >= 0.3 is 5.97 Å². The summed E-state index contributed by atoms with van der Waals surface area (Å²) in [6, 6.07) is 16.9. The molecule has 3 aromatic carbocycles. The molecule has 0 aromatic heterocycles. The molecule has 0 aliphatic heterocycles. The van der Waals surface area contributed by atoms with E-state index in [1.807, 2.05) is 0 Å². The average Bonchev–Trinajstić information content (AvgIpc) is 2.82. The van der Waals surface area contributed by atoms with Crippen LogP contribution in [0.5, 0.6) is 0 Å². The third-order valence-electron chi connectivity index (χ3n) is 4.81.